The second-order valence-corrected chi connectivity index (χ2v) is 9.29. The van der Waals surface area contributed by atoms with E-state index < -0.39 is 10.0 Å². The van der Waals surface area contributed by atoms with Crippen molar-refractivity contribution in [2.45, 2.75) is 18.2 Å². The maximum Gasteiger partial charge on any atom is 0.264 e. The summed E-state index contributed by atoms with van der Waals surface area (Å²) in [5, 5.41) is 2.86. The summed E-state index contributed by atoms with van der Waals surface area (Å²) in [5.41, 5.74) is 0.538. The molecule has 0 spiro atoms. The van der Waals surface area contributed by atoms with Crippen molar-refractivity contribution >= 4 is 21.6 Å². The summed E-state index contributed by atoms with van der Waals surface area (Å²) in [6, 6.07) is 15.0. The third-order valence-corrected chi connectivity index (χ3v) is 7.11. The Bertz CT molecular complexity index is 945. The summed E-state index contributed by atoms with van der Waals surface area (Å²) in [6.07, 6.45) is 0.878. The smallest absolute Gasteiger partial charge is 0.264 e. The Morgan fingerprint density at radius 3 is 2.44 bits per heavy atom. The molecule has 1 saturated heterocycles. The number of ether oxygens (including phenoxy) is 2. The van der Waals surface area contributed by atoms with E-state index in [1.165, 1.54) is 4.31 Å². The zero-order valence-electron chi connectivity index (χ0n) is 18.4. The van der Waals surface area contributed by atoms with Crippen molar-refractivity contribution in [2.24, 2.45) is 0 Å². The molecule has 1 amide bonds. The second kappa shape index (κ2) is 11.8. The highest BCUT2D eigenvalue weighted by atomic mass is 32.2. The Labute approximate surface area is 190 Å². The van der Waals surface area contributed by atoms with Gasteiger partial charge in [-0.1, -0.05) is 18.2 Å². The predicted molar refractivity (Wildman–Crippen MR) is 123 cm³/mol. The highest BCUT2D eigenvalue weighted by molar-refractivity contribution is 7.92. The van der Waals surface area contributed by atoms with Gasteiger partial charge in [0.05, 0.1) is 23.8 Å². The number of amides is 1. The van der Waals surface area contributed by atoms with E-state index in [0.29, 0.717) is 24.5 Å². The lowest BCUT2D eigenvalue weighted by molar-refractivity contribution is -0.123. The summed E-state index contributed by atoms with van der Waals surface area (Å²) >= 11 is 0. The third-order valence-electron chi connectivity index (χ3n) is 5.19. The van der Waals surface area contributed by atoms with Gasteiger partial charge in [0.1, 0.15) is 5.75 Å². The standard InChI is InChI=1S/C23H31N3O5S/c1-2-26(32(28,29)22-7-4-3-5-8-22)20-9-11-21(12-10-20)31-19-23(27)24-13-6-14-25-15-17-30-18-16-25/h3-5,7-12H,2,6,13-19H2,1H3,(H,24,27). The lowest BCUT2D eigenvalue weighted by atomic mass is 10.3. The molecular weight excluding hydrogens is 430 g/mol. The van der Waals surface area contributed by atoms with E-state index in [2.05, 4.69) is 10.2 Å². The molecule has 0 unspecified atom stereocenters. The molecule has 1 N–H and O–H groups in total. The molecule has 0 saturated carbocycles. The van der Waals surface area contributed by atoms with Gasteiger partial charge in [-0.25, -0.2) is 8.42 Å². The van der Waals surface area contributed by atoms with Gasteiger partial charge in [0.25, 0.3) is 15.9 Å². The van der Waals surface area contributed by atoms with Gasteiger partial charge in [-0.3, -0.25) is 14.0 Å². The molecule has 8 nitrogen and oxygen atoms in total. The van der Waals surface area contributed by atoms with Gasteiger partial charge in [0.2, 0.25) is 0 Å². The first-order chi connectivity index (χ1) is 15.5. The fourth-order valence-corrected chi connectivity index (χ4v) is 4.97. The number of benzene rings is 2. The molecule has 0 atom stereocenters. The van der Waals surface area contributed by atoms with Gasteiger partial charge in [0.15, 0.2) is 6.61 Å². The number of carbonyl (C=O) groups excluding carboxylic acids is 1. The van der Waals surface area contributed by atoms with Crippen LogP contribution in [0.2, 0.25) is 0 Å². The number of rotatable bonds is 11. The monoisotopic (exact) mass is 461 g/mol. The van der Waals surface area contributed by atoms with Crippen LogP contribution in [0.5, 0.6) is 5.75 Å². The zero-order chi connectivity index (χ0) is 22.8. The molecule has 0 bridgehead atoms. The minimum absolute atomic E-state index is 0.0866. The van der Waals surface area contributed by atoms with Crippen molar-refractivity contribution in [3.8, 4) is 5.75 Å². The number of anilines is 1. The van der Waals surface area contributed by atoms with Crippen molar-refractivity contribution in [3.05, 3.63) is 54.6 Å². The highest BCUT2D eigenvalue weighted by Gasteiger charge is 2.23. The molecule has 3 rings (SSSR count). The maximum absolute atomic E-state index is 12.9. The minimum atomic E-state index is -3.65. The first-order valence-electron chi connectivity index (χ1n) is 10.9. The van der Waals surface area contributed by atoms with E-state index in [4.69, 9.17) is 9.47 Å². The van der Waals surface area contributed by atoms with E-state index in [9.17, 15) is 13.2 Å². The topological polar surface area (TPSA) is 88.2 Å². The van der Waals surface area contributed by atoms with Crippen LogP contribution < -0.4 is 14.4 Å². The van der Waals surface area contributed by atoms with Gasteiger partial charge < -0.3 is 14.8 Å². The molecule has 0 aliphatic carbocycles. The molecule has 9 heteroatoms. The lowest BCUT2D eigenvalue weighted by Crippen LogP contribution is -2.38. The number of nitrogens with zero attached hydrogens (tertiary/aromatic N) is 2. The molecule has 0 radical (unpaired) electrons. The number of nitrogens with one attached hydrogen (secondary N) is 1. The molecule has 1 heterocycles. The number of carbonyl (C=O) groups is 1. The number of hydrogen-bond acceptors (Lipinski definition) is 6. The van der Waals surface area contributed by atoms with Crippen molar-refractivity contribution in [2.75, 3.05) is 56.8 Å². The first-order valence-corrected chi connectivity index (χ1v) is 12.3. The van der Waals surface area contributed by atoms with E-state index in [0.717, 1.165) is 39.3 Å². The highest BCUT2D eigenvalue weighted by Crippen LogP contribution is 2.25. The SMILES string of the molecule is CCN(c1ccc(OCC(=O)NCCCN2CCOCC2)cc1)S(=O)(=O)c1ccccc1. The fourth-order valence-electron chi connectivity index (χ4n) is 3.47. The van der Waals surface area contributed by atoms with E-state index in [1.807, 2.05) is 0 Å². The molecule has 2 aromatic rings. The Hall–Kier alpha value is -2.62. The van der Waals surface area contributed by atoms with Crippen molar-refractivity contribution in [1.29, 1.82) is 0 Å². The molecule has 174 valence electrons. The van der Waals surface area contributed by atoms with Crippen molar-refractivity contribution in [1.82, 2.24) is 10.2 Å². The van der Waals surface area contributed by atoms with Crippen molar-refractivity contribution < 1.29 is 22.7 Å². The summed E-state index contributed by atoms with van der Waals surface area (Å²) in [4.78, 5) is 14.6. The Balaban J connectivity index is 1.46. The van der Waals surface area contributed by atoms with E-state index >= 15 is 0 Å². The summed E-state index contributed by atoms with van der Waals surface area (Å²) in [5.74, 6) is 0.322. The minimum Gasteiger partial charge on any atom is -0.484 e. The van der Waals surface area contributed by atoms with Crippen LogP contribution in [0.15, 0.2) is 59.5 Å². The maximum atomic E-state index is 12.9. The van der Waals surface area contributed by atoms with Crippen LogP contribution in [0.4, 0.5) is 5.69 Å². The van der Waals surface area contributed by atoms with Gasteiger partial charge in [-0.15, -0.1) is 0 Å². The Morgan fingerprint density at radius 1 is 1.09 bits per heavy atom. The van der Waals surface area contributed by atoms with Crippen LogP contribution >= 0.6 is 0 Å². The summed E-state index contributed by atoms with van der Waals surface area (Å²) < 4.78 is 38.1. The number of hydrogen-bond donors (Lipinski definition) is 1. The molecule has 1 aliphatic heterocycles. The summed E-state index contributed by atoms with van der Waals surface area (Å²) in [6.45, 7) is 6.95. The van der Waals surface area contributed by atoms with Gasteiger partial charge in [0, 0.05) is 26.2 Å². The van der Waals surface area contributed by atoms with Crippen LogP contribution in [0.3, 0.4) is 0 Å². The molecule has 1 aliphatic rings. The first kappa shape index (κ1) is 24.0. The summed E-state index contributed by atoms with van der Waals surface area (Å²) in [7, 11) is -3.65. The van der Waals surface area contributed by atoms with Crippen LogP contribution in [-0.4, -0.2) is 71.8 Å². The van der Waals surface area contributed by atoms with Crippen LogP contribution in [0.1, 0.15) is 13.3 Å². The Kier molecular flexibility index (Phi) is 8.90. The molecule has 32 heavy (non-hydrogen) atoms. The van der Waals surface area contributed by atoms with Crippen LogP contribution in [0, 0.1) is 0 Å². The van der Waals surface area contributed by atoms with Gasteiger partial charge in [-0.05, 0) is 56.3 Å². The molecular formula is C23H31N3O5S. The largest absolute Gasteiger partial charge is 0.484 e. The average Bonchev–Trinajstić information content (AvgIpc) is 2.83. The van der Waals surface area contributed by atoms with Crippen LogP contribution in [-0.2, 0) is 19.6 Å². The molecule has 1 fully saturated rings. The third kappa shape index (κ3) is 6.69. The normalized spacial score (nSPS) is 14.7. The molecule has 0 aromatic heterocycles. The lowest BCUT2D eigenvalue weighted by Gasteiger charge is -2.26. The quantitative estimate of drug-likeness (QED) is 0.516. The number of morpholine rings is 1. The van der Waals surface area contributed by atoms with E-state index in [-0.39, 0.29) is 17.4 Å². The number of sulfonamides is 1. The Morgan fingerprint density at radius 2 is 1.78 bits per heavy atom. The average molecular weight is 462 g/mol. The fraction of sp³-hybridized carbons (Fsp3) is 0.435. The van der Waals surface area contributed by atoms with Gasteiger partial charge >= 0.3 is 0 Å². The second-order valence-electron chi connectivity index (χ2n) is 7.42. The molecule has 2 aromatic carbocycles. The predicted octanol–water partition coefficient (Wildman–Crippen LogP) is 2.12. The van der Waals surface area contributed by atoms with Crippen molar-refractivity contribution in [3.63, 3.8) is 0 Å². The zero-order valence-corrected chi connectivity index (χ0v) is 19.2. The van der Waals surface area contributed by atoms with E-state index in [1.54, 1.807) is 61.5 Å². The van der Waals surface area contributed by atoms with Crippen LogP contribution in [0.25, 0.3) is 0 Å². The van der Waals surface area contributed by atoms with Gasteiger partial charge in [-0.2, -0.15) is 0 Å².